The van der Waals surface area contributed by atoms with Gasteiger partial charge in [0.05, 0.1) is 10.0 Å². The molecule has 1 rings (SSSR count). The number of amides is 1. The van der Waals surface area contributed by atoms with Crippen LogP contribution in [0.3, 0.4) is 0 Å². The van der Waals surface area contributed by atoms with E-state index < -0.39 is 8.24 Å². The zero-order valence-electron chi connectivity index (χ0n) is 8.92. The first-order valence-electron chi connectivity index (χ1n) is 4.56. The number of carbonyl (C=O) groups excluding carboxylic acids is 1. The Morgan fingerprint density at radius 3 is 2.20 bits per heavy atom. The number of anilines is 1. The predicted molar refractivity (Wildman–Crippen MR) is 68.4 cm³/mol. The van der Waals surface area contributed by atoms with Crippen molar-refractivity contribution in [2.75, 3.05) is 4.57 Å². The minimum atomic E-state index is -1.70. The van der Waals surface area contributed by atoms with Gasteiger partial charge in [-0.3, -0.25) is 4.79 Å². The van der Waals surface area contributed by atoms with Gasteiger partial charge in [-0.15, -0.1) is 0 Å². The van der Waals surface area contributed by atoms with Crippen molar-refractivity contribution >= 4 is 43.5 Å². The molecule has 0 saturated carbocycles. The van der Waals surface area contributed by atoms with Gasteiger partial charge in [-0.2, -0.15) is 0 Å². The van der Waals surface area contributed by atoms with Gasteiger partial charge in [-0.1, -0.05) is 42.8 Å². The van der Waals surface area contributed by atoms with Crippen LogP contribution in [0.25, 0.3) is 0 Å². The molecule has 0 aromatic heterocycles. The number of hydrogen-bond acceptors (Lipinski definition) is 1. The highest BCUT2D eigenvalue weighted by atomic mass is 35.5. The van der Waals surface area contributed by atoms with E-state index in [2.05, 4.69) is 19.6 Å². The second-order valence-electron chi connectivity index (χ2n) is 4.24. The van der Waals surface area contributed by atoms with Crippen LogP contribution in [-0.2, 0) is 4.79 Å². The van der Waals surface area contributed by atoms with Crippen LogP contribution in [0.2, 0.25) is 29.7 Å². The maximum Gasteiger partial charge on any atom is 0.206 e. The molecule has 0 radical (unpaired) electrons. The summed E-state index contributed by atoms with van der Waals surface area (Å²) in [5, 5.41) is 0.973. The minimum Gasteiger partial charge on any atom is -0.343 e. The summed E-state index contributed by atoms with van der Waals surface area (Å²) in [5.41, 5.74) is 0.804. The van der Waals surface area contributed by atoms with Crippen LogP contribution in [0.4, 0.5) is 5.69 Å². The van der Waals surface area contributed by atoms with Crippen molar-refractivity contribution in [3.05, 3.63) is 28.2 Å². The zero-order chi connectivity index (χ0) is 11.6. The number of benzene rings is 1. The average molecular weight is 262 g/mol. The van der Waals surface area contributed by atoms with E-state index in [0.717, 1.165) is 12.1 Å². The molecule has 0 aliphatic carbocycles. The van der Waals surface area contributed by atoms with E-state index in [0.29, 0.717) is 10.0 Å². The van der Waals surface area contributed by atoms with Gasteiger partial charge in [0, 0.05) is 5.69 Å². The summed E-state index contributed by atoms with van der Waals surface area (Å²) in [6.07, 6.45) is 0.853. The van der Waals surface area contributed by atoms with Gasteiger partial charge >= 0.3 is 0 Å². The molecule has 0 N–H and O–H groups in total. The molecule has 0 unspecified atom stereocenters. The summed E-state index contributed by atoms with van der Waals surface area (Å²) in [6, 6.07) is 5.23. The largest absolute Gasteiger partial charge is 0.343 e. The van der Waals surface area contributed by atoms with E-state index in [1.54, 1.807) is 22.8 Å². The number of hydrogen-bond donors (Lipinski definition) is 0. The first-order chi connectivity index (χ1) is 6.86. The lowest BCUT2D eigenvalue weighted by molar-refractivity contribution is -0.106. The lowest BCUT2D eigenvalue weighted by Gasteiger charge is -2.30. The Hall–Kier alpha value is -0.513. The van der Waals surface area contributed by atoms with Gasteiger partial charge in [0.15, 0.2) is 8.24 Å². The van der Waals surface area contributed by atoms with Gasteiger partial charge in [0.1, 0.15) is 0 Å². The molecule has 0 aliphatic heterocycles. The first kappa shape index (κ1) is 12.6. The molecular weight excluding hydrogens is 249 g/mol. The molecule has 5 heteroatoms. The molecule has 0 fully saturated rings. The fourth-order valence-corrected chi connectivity index (χ4v) is 2.76. The maximum atomic E-state index is 11.0. The monoisotopic (exact) mass is 261 g/mol. The summed E-state index contributed by atoms with van der Waals surface area (Å²) < 4.78 is 1.75. The van der Waals surface area contributed by atoms with Crippen LogP contribution in [-0.4, -0.2) is 14.6 Å². The SMILES string of the molecule is C[Si](C)(C)N(C=O)c1ccc(Cl)c(Cl)c1. The zero-order valence-corrected chi connectivity index (χ0v) is 11.4. The Balaban J connectivity index is 3.14. The molecule has 1 aromatic carbocycles. The van der Waals surface area contributed by atoms with Crippen LogP contribution < -0.4 is 4.57 Å². The maximum absolute atomic E-state index is 11.0. The van der Waals surface area contributed by atoms with Gasteiger partial charge < -0.3 is 4.57 Å². The van der Waals surface area contributed by atoms with Crippen LogP contribution in [0.1, 0.15) is 0 Å². The van der Waals surface area contributed by atoms with E-state index in [4.69, 9.17) is 23.2 Å². The summed E-state index contributed by atoms with van der Waals surface area (Å²) in [6.45, 7) is 6.26. The van der Waals surface area contributed by atoms with Gasteiger partial charge in [0.25, 0.3) is 0 Å². The van der Waals surface area contributed by atoms with Crippen molar-refractivity contribution in [1.29, 1.82) is 0 Å². The molecule has 82 valence electrons. The lowest BCUT2D eigenvalue weighted by atomic mass is 10.3. The third-order valence-corrected chi connectivity index (χ3v) is 4.56. The third-order valence-electron chi connectivity index (χ3n) is 2.01. The second kappa shape index (κ2) is 4.55. The molecule has 0 spiro atoms. The Morgan fingerprint density at radius 1 is 1.20 bits per heavy atom. The highest BCUT2D eigenvalue weighted by Crippen LogP contribution is 2.28. The number of halogens is 2. The minimum absolute atomic E-state index is 0.472. The predicted octanol–water partition coefficient (Wildman–Crippen LogP) is 3.79. The van der Waals surface area contributed by atoms with Crippen LogP contribution >= 0.6 is 23.2 Å². The smallest absolute Gasteiger partial charge is 0.206 e. The fraction of sp³-hybridized carbons (Fsp3) is 0.300. The van der Waals surface area contributed by atoms with E-state index in [1.807, 2.05) is 0 Å². The topological polar surface area (TPSA) is 20.3 Å². The Kier molecular flexibility index (Phi) is 3.81. The van der Waals surface area contributed by atoms with E-state index in [1.165, 1.54) is 0 Å². The van der Waals surface area contributed by atoms with Gasteiger partial charge in [0.2, 0.25) is 6.41 Å². The summed E-state index contributed by atoms with van der Waals surface area (Å²) in [7, 11) is -1.70. The van der Waals surface area contributed by atoms with E-state index in [-0.39, 0.29) is 0 Å². The van der Waals surface area contributed by atoms with Crippen LogP contribution in [0.5, 0.6) is 0 Å². The normalized spacial score (nSPS) is 11.3. The molecule has 15 heavy (non-hydrogen) atoms. The molecule has 1 amide bonds. The average Bonchev–Trinajstić information content (AvgIpc) is 2.10. The molecule has 0 aliphatic rings. The van der Waals surface area contributed by atoms with E-state index in [9.17, 15) is 4.79 Å². The van der Waals surface area contributed by atoms with Crippen molar-refractivity contribution in [1.82, 2.24) is 0 Å². The van der Waals surface area contributed by atoms with Crippen molar-refractivity contribution in [3.8, 4) is 0 Å². The van der Waals surface area contributed by atoms with Crippen molar-refractivity contribution in [2.24, 2.45) is 0 Å². The number of nitrogens with zero attached hydrogens (tertiary/aromatic N) is 1. The quantitative estimate of drug-likeness (QED) is 0.599. The van der Waals surface area contributed by atoms with Gasteiger partial charge in [-0.25, -0.2) is 0 Å². The van der Waals surface area contributed by atoms with E-state index >= 15 is 0 Å². The Morgan fingerprint density at radius 2 is 1.80 bits per heavy atom. The Labute approximate surface area is 101 Å². The number of carbonyl (C=O) groups is 1. The Bertz CT molecular complexity index is 376. The molecule has 1 aromatic rings. The molecule has 0 heterocycles. The number of rotatable bonds is 3. The van der Waals surface area contributed by atoms with Gasteiger partial charge in [-0.05, 0) is 18.2 Å². The second-order valence-corrected chi connectivity index (χ2v) is 9.88. The van der Waals surface area contributed by atoms with Crippen LogP contribution in [0, 0.1) is 0 Å². The fourth-order valence-electron chi connectivity index (χ4n) is 1.24. The first-order valence-corrected chi connectivity index (χ1v) is 8.76. The standard InChI is InChI=1S/C10H13Cl2NOSi/c1-15(2,3)13(7-14)8-4-5-9(11)10(12)6-8/h4-7H,1-3H3. The molecule has 0 atom stereocenters. The third kappa shape index (κ3) is 2.97. The highest BCUT2D eigenvalue weighted by Gasteiger charge is 2.24. The summed E-state index contributed by atoms with van der Waals surface area (Å²) in [4.78, 5) is 11.0. The van der Waals surface area contributed by atoms with Crippen LogP contribution in [0.15, 0.2) is 18.2 Å². The lowest BCUT2D eigenvalue weighted by Crippen LogP contribution is -2.45. The summed E-state index contributed by atoms with van der Waals surface area (Å²) in [5.74, 6) is 0. The molecule has 0 bridgehead atoms. The molecule has 0 saturated heterocycles. The van der Waals surface area contributed by atoms with Crippen molar-refractivity contribution < 1.29 is 4.79 Å². The highest BCUT2D eigenvalue weighted by molar-refractivity contribution is 6.82. The molecular formula is C10H13Cl2NOSi. The molecule has 2 nitrogen and oxygen atoms in total. The van der Waals surface area contributed by atoms with Crippen molar-refractivity contribution in [3.63, 3.8) is 0 Å². The summed E-state index contributed by atoms with van der Waals surface area (Å²) >= 11 is 11.7. The van der Waals surface area contributed by atoms with Crippen molar-refractivity contribution in [2.45, 2.75) is 19.6 Å².